The van der Waals surface area contributed by atoms with E-state index in [0.29, 0.717) is 13.0 Å². The number of hydrogen-bond acceptors (Lipinski definition) is 2. The predicted octanol–water partition coefficient (Wildman–Crippen LogP) is 1.68. The maximum Gasteiger partial charge on any atom is 0.333 e. The first-order valence-electron chi connectivity index (χ1n) is 5.55. The van der Waals surface area contributed by atoms with Crippen LogP contribution in [0.3, 0.4) is 0 Å². The van der Waals surface area contributed by atoms with Gasteiger partial charge in [-0.3, -0.25) is 4.79 Å². The molecule has 4 nitrogen and oxygen atoms in total. The maximum absolute atomic E-state index is 13.5. The van der Waals surface area contributed by atoms with Crippen molar-refractivity contribution < 1.29 is 19.1 Å². The Labute approximate surface area is 103 Å². The predicted molar refractivity (Wildman–Crippen MR) is 62.6 cm³/mol. The molecule has 1 heterocycles. The largest absolute Gasteiger partial charge is 0.478 e. The van der Waals surface area contributed by atoms with Crippen LogP contribution in [0.2, 0.25) is 0 Å². The van der Waals surface area contributed by atoms with Crippen molar-refractivity contribution in [2.45, 2.75) is 6.42 Å². The summed E-state index contributed by atoms with van der Waals surface area (Å²) in [6, 6.07) is 5.70. The zero-order valence-electron chi connectivity index (χ0n) is 9.60. The fraction of sp³-hybridized carbons (Fsp3) is 0.231. The van der Waals surface area contributed by atoms with Crippen LogP contribution >= 0.6 is 0 Å². The quantitative estimate of drug-likeness (QED) is 0.867. The van der Waals surface area contributed by atoms with Gasteiger partial charge in [-0.25, -0.2) is 9.18 Å². The van der Waals surface area contributed by atoms with Crippen LogP contribution < -0.4 is 0 Å². The molecule has 2 rings (SSSR count). The zero-order chi connectivity index (χ0) is 13.1. The van der Waals surface area contributed by atoms with Crippen LogP contribution in [0.15, 0.2) is 35.9 Å². The van der Waals surface area contributed by atoms with E-state index in [1.807, 2.05) is 0 Å². The summed E-state index contributed by atoms with van der Waals surface area (Å²) in [6.45, 7) is 0.423. The number of hydrogen-bond donors (Lipinski definition) is 1. The number of carbonyl (C=O) groups excluding carboxylic acids is 1. The summed E-state index contributed by atoms with van der Waals surface area (Å²) in [5.41, 5.74) is 0.148. The number of rotatable bonds is 2. The van der Waals surface area contributed by atoms with E-state index in [0.717, 1.165) is 0 Å². The number of carbonyl (C=O) groups is 2. The van der Waals surface area contributed by atoms with Crippen LogP contribution in [-0.2, 0) is 4.79 Å². The molecule has 1 aromatic rings. The van der Waals surface area contributed by atoms with Gasteiger partial charge < -0.3 is 10.0 Å². The van der Waals surface area contributed by atoms with E-state index in [2.05, 4.69) is 0 Å². The Morgan fingerprint density at radius 2 is 2.00 bits per heavy atom. The minimum atomic E-state index is -1.04. The fourth-order valence-corrected chi connectivity index (χ4v) is 1.88. The molecule has 1 aliphatic heterocycles. The lowest BCUT2D eigenvalue weighted by molar-refractivity contribution is -0.132. The molecule has 0 saturated carbocycles. The van der Waals surface area contributed by atoms with Gasteiger partial charge in [0.15, 0.2) is 0 Å². The number of amides is 1. The van der Waals surface area contributed by atoms with Gasteiger partial charge in [0, 0.05) is 6.54 Å². The van der Waals surface area contributed by atoms with Crippen molar-refractivity contribution in [2.24, 2.45) is 0 Å². The average molecular weight is 249 g/mol. The highest BCUT2D eigenvalue weighted by Gasteiger charge is 2.24. The van der Waals surface area contributed by atoms with Crippen molar-refractivity contribution in [3.63, 3.8) is 0 Å². The first-order chi connectivity index (χ1) is 8.59. The molecule has 0 fully saturated rings. The van der Waals surface area contributed by atoms with Crippen molar-refractivity contribution >= 4 is 11.9 Å². The van der Waals surface area contributed by atoms with E-state index in [4.69, 9.17) is 5.11 Å². The molecule has 1 amide bonds. The molecule has 0 spiro atoms. The van der Waals surface area contributed by atoms with Gasteiger partial charge in [0.2, 0.25) is 0 Å². The molecule has 0 atom stereocenters. The smallest absolute Gasteiger partial charge is 0.333 e. The first-order valence-corrected chi connectivity index (χ1v) is 5.55. The summed E-state index contributed by atoms with van der Waals surface area (Å²) >= 11 is 0. The molecule has 0 unspecified atom stereocenters. The van der Waals surface area contributed by atoms with Crippen molar-refractivity contribution in [1.82, 2.24) is 4.90 Å². The maximum atomic E-state index is 13.5. The Bertz CT molecular complexity index is 525. The Balaban J connectivity index is 2.19. The van der Waals surface area contributed by atoms with Crippen LogP contribution in [0.25, 0.3) is 0 Å². The summed E-state index contributed by atoms with van der Waals surface area (Å²) in [4.78, 5) is 24.2. The molecular weight excluding hydrogens is 237 g/mol. The standard InChI is InChI=1S/C13H12FNO3/c14-11-6-2-1-5-10(11)12(16)15-7-3-4-9(8-15)13(17)18/h1-2,4-6H,3,7-8H2,(H,17,18). The second-order valence-corrected chi connectivity index (χ2v) is 4.03. The third kappa shape index (κ3) is 2.40. The van der Waals surface area contributed by atoms with E-state index in [9.17, 15) is 14.0 Å². The molecule has 0 aliphatic carbocycles. The van der Waals surface area contributed by atoms with E-state index < -0.39 is 17.7 Å². The molecule has 1 aromatic carbocycles. The Hall–Kier alpha value is -2.17. The number of carboxylic acids is 1. The second kappa shape index (κ2) is 5.00. The van der Waals surface area contributed by atoms with Gasteiger partial charge in [-0.2, -0.15) is 0 Å². The van der Waals surface area contributed by atoms with Gasteiger partial charge in [-0.15, -0.1) is 0 Å². The lowest BCUT2D eigenvalue weighted by Crippen LogP contribution is -2.37. The minimum absolute atomic E-state index is 0.0164. The fourth-order valence-electron chi connectivity index (χ4n) is 1.88. The lowest BCUT2D eigenvalue weighted by Gasteiger charge is -2.26. The number of carboxylic acid groups (broad SMARTS) is 1. The highest BCUT2D eigenvalue weighted by molar-refractivity contribution is 5.96. The highest BCUT2D eigenvalue weighted by atomic mass is 19.1. The van der Waals surface area contributed by atoms with E-state index >= 15 is 0 Å². The molecule has 0 saturated heterocycles. The molecule has 18 heavy (non-hydrogen) atoms. The average Bonchev–Trinajstić information content (AvgIpc) is 2.38. The number of halogens is 1. The summed E-state index contributed by atoms with van der Waals surface area (Å²) in [5, 5.41) is 8.88. The number of benzene rings is 1. The van der Waals surface area contributed by atoms with Gasteiger partial charge in [-0.05, 0) is 18.6 Å². The summed E-state index contributed by atoms with van der Waals surface area (Å²) in [6.07, 6.45) is 2.06. The lowest BCUT2D eigenvalue weighted by atomic mass is 10.1. The first kappa shape index (κ1) is 12.3. The summed E-state index contributed by atoms with van der Waals surface area (Å²) in [5.74, 6) is -2.10. The summed E-state index contributed by atoms with van der Waals surface area (Å²) in [7, 11) is 0. The monoisotopic (exact) mass is 249 g/mol. The molecule has 0 aromatic heterocycles. The second-order valence-electron chi connectivity index (χ2n) is 4.03. The van der Waals surface area contributed by atoms with E-state index in [1.165, 1.54) is 23.1 Å². The normalized spacial score (nSPS) is 15.2. The van der Waals surface area contributed by atoms with Crippen LogP contribution in [0, 0.1) is 5.82 Å². The van der Waals surface area contributed by atoms with E-state index in [-0.39, 0.29) is 17.7 Å². The number of nitrogens with zero attached hydrogens (tertiary/aromatic N) is 1. The van der Waals surface area contributed by atoms with Gasteiger partial charge in [0.25, 0.3) is 5.91 Å². The van der Waals surface area contributed by atoms with Crippen molar-refractivity contribution in [1.29, 1.82) is 0 Å². The van der Waals surface area contributed by atoms with Gasteiger partial charge in [0.1, 0.15) is 5.82 Å². The van der Waals surface area contributed by atoms with Gasteiger partial charge in [-0.1, -0.05) is 18.2 Å². The van der Waals surface area contributed by atoms with Crippen molar-refractivity contribution in [3.8, 4) is 0 Å². The molecule has 5 heteroatoms. The van der Waals surface area contributed by atoms with Crippen LogP contribution in [0.5, 0.6) is 0 Å². The Morgan fingerprint density at radius 1 is 1.28 bits per heavy atom. The van der Waals surface area contributed by atoms with Crippen LogP contribution in [0.1, 0.15) is 16.8 Å². The minimum Gasteiger partial charge on any atom is -0.478 e. The van der Waals surface area contributed by atoms with Crippen LogP contribution in [0.4, 0.5) is 4.39 Å². The van der Waals surface area contributed by atoms with E-state index in [1.54, 1.807) is 12.1 Å². The van der Waals surface area contributed by atoms with Gasteiger partial charge in [0.05, 0.1) is 17.7 Å². The number of aliphatic carboxylic acids is 1. The Kier molecular flexibility index (Phi) is 3.41. The molecule has 94 valence electrons. The SMILES string of the molecule is O=C(O)C1=CCCN(C(=O)c2ccccc2F)C1. The molecule has 1 N–H and O–H groups in total. The van der Waals surface area contributed by atoms with Crippen molar-refractivity contribution in [2.75, 3.05) is 13.1 Å². The zero-order valence-corrected chi connectivity index (χ0v) is 9.60. The molecular formula is C13H12FNO3. The Morgan fingerprint density at radius 3 is 2.67 bits per heavy atom. The topological polar surface area (TPSA) is 57.6 Å². The van der Waals surface area contributed by atoms with Crippen molar-refractivity contribution in [3.05, 3.63) is 47.3 Å². The summed E-state index contributed by atoms with van der Waals surface area (Å²) < 4.78 is 13.5. The van der Waals surface area contributed by atoms with Gasteiger partial charge >= 0.3 is 5.97 Å². The molecule has 1 aliphatic rings. The molecule has 0 bridgehead atoms. The van der Waals surface area contributed by atoms with Crippen LogP contribution in [-0.4, -0.2) is 35.0 Å². The molecule has 0 radical (unpaired) electrons. The highest BCUT2D eigenvalue weighted by Crippen LogP contribution is 2.15. The third-order valence-electron chi connectivity index (χ3n) is 2.82. The third-order valence-corrected chi connectivity index (χ3v) is 2.82.